The smallest absolute Gasteiger partial charge is 0.319 e. The van der Waals surface area contributed by atoms with Crippen LogP contribution < -0.4 is 0 Å². The van der Waals surface area contributed by atoms with E-state index in [9.17, 15) is 9.59 Å². The van der Waals surface area contributed by atoms with E-state index in [0.29, 0.717) is 12.8 Å². The van der Waals surface area contributed by atoms with Crippen molar-refractivity contribution in [2.45, 2.75) is 32.1 Å². The van der Waals surface area contributed by atoms with Crippen LogP contribution in [0.15, 0.2) is 25.3 Å². The summed E-state index contributed by atoms with van der Waals surface area (Å²) in [6.07, 6.45) is 9.05. The number of rotatable bonds is 6. The monoisotopic (exact) mass is 308 g/mol. The van der Waals surface area contributed by atoms with Crippen LogP contribution >= 0.6 is 0 Å². The Morgan fingerprint density at radius 3 is 1.61 bits per heavy atom. The second-order valence-corrected chi connectivity index (χ2v) is 3.84. The topological polar surface area (TPSA) is 52.6 Å². The van der Waals surface area contributed by atoms with Crippen molar-refractivity contribution in [1.82, 2.24) is 0 Å². The molecule has 0 bridgehead atoms. The van der Waals surface area contributed by atoms with Gasteiger partial charge in [-0.05, 0) is 18.3 Å². The third-order valence-electron chi connectivity index (χ3n) is 1.99. The van der Waals surface area contributed by atoms with Crippen LogP contribution in [0.4, 0.5) is 0 Å². The van der Waals surface area contributed by atoms with Crippen molar-refractivity contribution in [3.63, 3.8) is 0 Å². The zero-order valence-corrected chi connectivity index (χ0v) is 12.7. The highest BCUT2D eigenvalue weighted by Crippen LogP contribution is 1.99. The first kappa shape index (κ1) is 19.7. The first-order valence-electron chi connectivity index (χ1n) is 6.77. The van der Waals surface area contributed by atoms with Crippen molar-refractivity contribution in [2.75, 3.05) is 0 Å². The molecular weight excluding hydrogens is 292 g/mol. The maximum Gasteiger partial charge on any atom is 0.319 e. The maximum absolute atomic E-state index is 11.3. The van der Waals surface area contributed by atoms with Crippen LogP contribution in [0.3, 0.4) is 0 Å². The zero-order valence-electron chi connectivity index (χ0n) is 12.7. The number of ether oxygens (including phenoxy) is 2. The number of esters is 2. The summed E-state index contributed by atoms with van der Waals surface area (Å²) in [6, 6.07) is 0. The molecule has 0 saturated heterocycles. The first-order chi connectivity index (χ1) is 11.2. The molecule has 0 aliphatic carbocycles. The van der Waals surface area contributed by atoms with Gasteiger partial charge in [-0.15, -0.1) is 13.2 Å². The zero-order chi connectivity index (χ0) is 17.2. The average Bonchev–Trinajstić information content (AvgIpc) is 2.54. The molecule has 0 rings (SSSR count). The van der Waals surface area contributed by atoms with E-state index in [0.717, 1.165) is 0 Å². The standard InChI is InChI=1S/C19H16O4/c1-3-5-7-9-11-16-22-18(20)14-13-15-19(21)23-17-12-10-8-6-4-2/h3-4H,1-2,5-6,13-15H2. The highest BCUT2D eigenvalue weighted by atomic mass is 16.5. The van der Waals surface area contributed by atoms with E-state index < -0.39 is 11.9 Å². The molecule has 0 aromatic carbocycles. The number of hydrogen-bond acceptors (Lipinski definition) is 4. The van der Waals surface area contributed by atoms with Crippen LogP contribution in [0.1, 0.15) is 32.1 Å². The molecule has 0 saturated carbocycles. The largest absolute Gasteiger partial charge is 0.371 e. The summed E-state index contributed by atoms with van der Waals surface area (Å²) in [5, 5.41) is 0. The van der Waals surface area contributed by atoms with Crippen molar-refractivity contribution in [1.29, 1.82) is 0 Å². The van der Waals surface area contributed by atoms with Crippen molar-refractivity contribution in [2.24, 2.45) is 0 Å². The molecule has 23 heavy (non-hydrogen) atoms. The third kappa shape index (κ3) is 14.9. The fourth-order valence-electron chi connectivity index (χ4n) is 1.03. The summed E-state index contributed by atoms with van der Waals surface area (Å²) in [7, 11) is 0. The first-order valence-corrected chi connectivity index (χ1v) is 6.77. The predicted molar refractivity (Wildman–Crippen MR) is 86.8 cm³/mol. The molecule has 4 nitrogen and oxygen atoms in total. The van der Waals surface area contributed by atoms with Gasteiger partial charge in [-0.1, -0.05) is 24.0 Å². The van der Waals surface area contributed by atoms with E-state index in [1.54, 1.807) is 12.2 Å². The highest BCUT2D eigenvalue weighted by Gasteiger charge is 2.06. The molecule has 116 valence electrons. The molecule has 0 aliphatic heterocycles. The van der Waals surface area contributed by atoms with E-state index >= 15 is 0 Å². The Hall–Kier alpha value is -3.34. The fourth-order valence-corrected chi connectivity index (χ4v) is 1.03. The summed E-state index contributed by atoms with van der Waals surface area (Å²) >= 11 is 0. The molecule has 0 aromatic rings. The van der Waals surface area contributed by atoms with Gasteiger partial charge in [0, 0.05) is 37.5 Å². The molecule has 0 radical (unpaired) electrons. The molecule has 0 atom stereocenters. The van der Waals surface area contributed by atoms with Gasteiger partial charge in [0.05, 0.1) is 0 Å². The van der Waals surface area contributed by atoms with E-state index in [1.807, 2.05) is 0 Å². The molecule has 0 aliphatic rings. The molecule has 0 amide bonds. The Morgan fingerprint density at radius 1 is 0.783 bits per heavy atom. The average molecular weight is 308 g/mol. The van der Waals surface area contributed by atoms with Gasteiger partial charge >= 0.3 is 11.9 Å². The molecule has 0 N–H and O–H groups in total. The van der Waals surface area contributed by atoms with Crippen molar-refractivity contribution < 1.29 is 19.1 Å². The van der Waals surface area contributed by atoms with Gasteiger partial charge in [-0.25, -0.2) is 0 Å². The van der Waals surface area contributed by atoms with Crippen molar-refractivity contribution in [3.8, 4) is 47.7 Å². The van der Waals surface area contributed by atoms with Gasteiger partial charge in [-0.3, -0.25) is 9.59 Å². The number of carbonyl (C=O) groups excluding carboxylic acids is 2. The van der Waals surface area contributed by atoms with Crippen molar-refractivity contribution in [3.05, 3.63) is 25.3 Å². The summed E-state index contributed by atoms with van der Waals surface area (Å²) in [5.41, 5.74) is 0. The molecule has 0 unspecified atom stereocenters. The minimum absolute atomic E-state index is 0.0520. The number of hydrogen-bond donors (Lipinski definition) is 0. The normalized spacial score (nSPS) is 7.30. The van der Waals surface area contributed by atoms with Gasteiger partial charge in [0.2, 0.25) is 0 Å². The number of carbonyl (C=O) groups is 2. The number of allylic oxidation sites excluding steroid dienone is 2. The second kappa shape index (κ2) is 15.1. The predicted octanol–water partition coefficient (Wildman–Crippen LogP) is 2.32. The molecule has 0 fully saturated rings. The van der Waals surface area contributed by atoms with E-state index in [2.05, 4.69) is 70.4 Å². The Labute approximate surface area is 136 Å². The molecule has 0 heterocycles. The second-order valence-electron chi connectivity index (χ2n) is 3.84. The summed E-state index contributed by atoms with van der Waals surface area (Å²) < 4.78 is 9.21. The quantitative estimate of drug-likeness (QED) is 0.429. The van der Waals surface area contributed by atoms with Gasteiger partial charge in [0.15, 0.2) is 0 Å². The fraction of sp³-hybridized carbons (Fsp3) is 0.263. The summed E-state index contributed by atoms with van der Waals surface area (Å²) in [6.45, 7) is 7.00. The van der Waals surface area contributed by atoms with Crippen LogP contribution in [-0.4, -0.2) is 11.9 Å². The van der Waals surface area contributed by atoms with Crippen LogP contribution in [0.5, 0.6) is 0 Å². The SMILES string of the molecule is C=CCC#CC#COC(=O)CCCC(=O)OC#CC#CCC=C. The van der Waals surface area contributed by atoms with Crippen molar-refractivity contribution >= 4 is 11.9 Å². The minimum Gasteiger partial charge on any atom is -0.371 e. The minimum atomic E-state index is -0.530. The van der Waals surface area contributed by atoms with Gasteiger partial charge in [0.25, 0.3) is 0 Å². The third-order valence-corrected chi connectivity index (χ3v) is 1.99. The molecular formula is C19H16O4. The Morgan fingerprint density at radius 2 is 1.22 bits per heavy atom. The van der Waals surface area contributed by atoms with E-state index in [1.165, 1.54) is 0 Å². The Kier molecular flexibility index (Phi) is 12.9. The van der Waals surface area contributed by atoms with Crippen LogP contribution in [-0.2, 0) is 19.1 Å². The lowest BCUT2D eigenvalue weighted by Gasteiger charge is -1.96. The van der Waals surface area contributed by atoms with Gasteiger partial charge in [0.1, 0.15) is 12.2 Å². The van der Waals surface area contributed by atoms with Crippen LogP contribution in [0.2, 0.25) is 0 Å². The Bertz CT molecular complexity index is 610. The van der Waals surface area contributed by atoms with Gasteiger partial charge in [-0.2, -0.15) is 0 Å². The van der Waals surface area contributed by atoms with E-state index in [-0.39, 0.29) is 19.3 Å². The lowest BCUT2D eigenvalue weighted by Crippen LogP contribution is -2.04. The highest BCUT2D eigenvalue weighted by molar-refractivity contribution is 5.73. The Balaban J connectivity index is 3.85. The van der Waals surface area contributed by atoms with E-state index in [4.69, 9.17) is 0 Å². The van der Waals surface area contributed by atoms with Crippen LogP contribution in [0, 0.1) is 47.7 Å². The molecule has 4 heteroatoms. The van der Waals surface area contributed by atoms with Crippen LogP contribution in [0.25, 0.3) is 0 Å². The molecule has 0 aromatic heterocycles. The summed E-state index contributed by atoms with van der Waals surface area (Å²) in [5.74, 6) is 14.0. The van der Waals surface area contributed by atoms with Gasteiger partial charge < -0.3 is 9.47 Å². The lowest BCUT2D eigenvalue weighted by atomic mass is 10.2. The molecule has 0 spiro atoms. The lowest BCUT2D eigenvalue weighted by molar-refractivity contribution is -0.138. The maximum atomic E-state index is 11.3. The summed E-state index contributed by atoms with van der Waals surface area (Å²) in [4.78, 5) is 22.6.